The number of hydrogen-bond acceptors (Lipinski definition) is 2. The van der Waals surface area contributed by atoms with Crippen LogP contribution in [-0.2, 0) is 23.1 Å². The third-order valence-corrected chi connectivity index (χ3v) is 5.16. The second-order valence-corrected chi connectivity index (χ2v) is 6.35. The van der Waals surface area contributed by atoms with Crippen LogP contribution in [0.25, 0.3) is 0 Å². The van der Waals surface area contributed by atoms with E-state index in [4.69, 9.17) is 0 Å². The van der Waals surface area contributed by atoms with Gasteiger partial charge in [0, 0.05) is 11.4 Å². The van der Waals surface area contributed by atoms with Crippen LogP contribution < -0.4 is 0 Å². The highest BCUT2D eigenvalue weighted by Gasteiger charge is 2.15. The maximum absolute atomic E-state index is 12.8. The average molecular weight is 345 g/mol. The molecule has 1 heterocycles. The van der Waals surface area contributed by atoms with E-state index in [0.717, 1.165) is 22.4 Å². The van der Waals surface area contributed by atoms with Crippen LogP contribution in [0.2, 0.25) is 0 Å². The smallest absolute Gasteiger partial charge is 0.123 e. The Bertz CT molecular complexity index is 610. The van der Waals surface area contributed by atoms with Crippen molar-refractivity contribution in [1.29, 1.82) is 0 Å². The van der Waals surface area contributed by atoms with Gasteiger partial charge in [-0.2, -0.15) is 5.10 Å². The van der Waals surface area contributed by atoms with Gasteiger partial charge in [0.25, 0.3) is 0 Å². The largest absolute Gasteiger partial charge is 0.267 e. The number of halogens is 2. The predicted molar refractivity (Wildman–Crippen MR) is 76.9 cm³/mol. The summed E-state index contributed by atoms with van der Waals surface area (Å²) in [4.78, 5) is 0.620. The Labute approximate surface area is 122 Å². The SMILES string of the molecule is CCn1nc(C)c(Br)c1CS(=O)c1ccc(F)cc1. The van der Waals surface area contributed by atoms with Crippen LogP contribution in [0.5, 0.6) is 0 Å². The van der Waals surface area contributed by atoms with Crippen molar-refractivity contribution in [3.05, 3.63) is 45.9 Å². The first-order valence-corrected chi connectivity index (χ1v) is 7.99. The number of aromatic nitrogens is 2. The first-order chi connectivity index (χ1) is 9.02. The van der Waals surface area contributed by atoms with Crippen molar-refractivity contribution in [2.75, 3.05) is 0 Å². The number of rotatable bonds is 4. The van der Waals surface area contributed by atoms with Gasteiger partial charge in [-0.15, -0.1) is 0 Å². The normalized spacial score (nSPS) is 12.6. The van der Waals surface area contributed by atoms with E-state index in [-0.39, 0.29) is 5.82 Å². The van der Waals surface area contributed by atoms with Gasteiger partial charge in [0.05, 0.1) is 32.4 Å². The highest BCUT2D eigenvalue weighted by Crippen LogP contribution is 2.24. The van der Waals surface area contributed by atoms with Crippen LogP contribution in [0, 0.1) is 12.7 Å². The topological polar surface area (TPSA) is 34.9 Å². The van der Waals surface area contributed by atoms with Gasteiger partial charge in [-0.1, -0.05) is 0 Å². The lowest BCUT2D eigenvalue weighted by molar-refractivity contribution is 0.624. The Balaban J connectivity index is 2.26. The summed E-state index contributed by atoms with van der Waals surface area (Å²) in [5.74, 6) is 0.0392. The third kappa shape index (κ3) is 3.12. The summed E-state index contributed by atoms with van der Waals surface area (Å²) in [5.41, 5.74) is 1.79. The molecule has 0 amide bonds. The summed E-state index contributed by atoms with van der Waals surface area (Å²) < 4.78 is 27.9. The maximum atomic E-state index is 12.8. The zero-order valence-electron chi connectivity index (χ0n) is 10.7. The molecule has 0 aliphatic rings. The zero-order chi connectivity index (χ0) is 14.0. The number of nitrogens with zero attached hydrogens (tertiary/aromatic N) is 2. The van der Waals surface area contributed by atoms with Crippen LogP contribution in [-0.4, -0.2) is 14.0 Å². The molecule has 0 saturated carbocycles. The van der Waals surface area contributed by atoms with E-state index in [1.165, 1.54) is 12.1 Å². The Hall–Kier alpha value is -1.01. The summed E-state index contributed by atoms with van der Waals surface area (Å²) >= 11 is 3.48. The molecule has 0 aliphatic carbocycles. The minimum Gasteiger partial charge on any atom is -0.267 e. The zero-order valence-corrected chi connectivity index (χ0v) is 13.1. The molecule has 1 unspecified atom stereocenters. The van der Waals surface area contributed by atoms with Gasteiger partial charge in [-0.05, 0) is 54.0 Å². The van der Waals surface area contributed by atoms with E-state index in [0.29, 0.717) is 10.6 Å². The minimum absolute atomic E-state index is 0.323. The highest BCUT2D eigenvalue weighted by atomic mass is 79.9. The summed E-state index contributed by atoms with van der Waals surface area (Å²) in [6.07, 6.45) is 0. The fraction of sp³-hybridized carbons (Fsp3) is 0.308. The summed E-state index contributed by atoms with van der Waals surface area (Å²) in [7, 11) is -1.21. The lowest BCUT2D eigenvalue weighted by Gasteiger charge is -2.06. The molecule has 0 aliphatic heterocycles. The second kappa shape index (κ2) is 5.96. The van der Waals surface area contributed by atoms with E-state index in [1.54, 1.807) is 12.1 Å². The molecule has 2 rings (SSSR count). The summed E-state index contributed by atoms with van der Waals surface area (Å²) in [6, 6.07) is 5.76. The van der Waals surface area contributed by atoms with Gasteiger partial charge in [-0.3, -0.25) is 8.89 Å². The van der Waals surface area contributed by atoms with Crippen molar-refractivity contribution >= 4 is 26.7 Å². The molecule has 0 bridgehead atoms. The number of benzene rings is 1. The van der Waals surface area contributed by atoms with Crippen molar-refractivity contribution in [3.8, 4) is 0 Å². The predicted octanol–water partition coefficient (Wildman–Crippen LogP) is 3.42. The van der Waals surface area contributed by atoms with Crippen LogP contribution in [0.4, 0.5) is 4.39 Å². The third-order valence-electron chi connectivity index (χ3n) is 2.80. The van der Waals surface area contributed by atoms with Crippen LogP contribution in [0.15, 0.2) is 33.6 Å². The van der Waals surface area contributed by atoms with Gasteiger partial charge in [0.2, 0.25) is 0 Å². The molecule has 19 heavy (non-hydrogen) atoms. The minimum atomic E-state index is -1.21. The standard InChI is InChI=1S/C13H14BrFN2OS/c1-3-17-12(13(14)9(2)16-17)8-19(18)11-6-4-10(15)5-7-11/h4-7H,3,8H2,1-2H3. The Morgan fingerprint density at radius 1 is 1.37 bits per heavy atom. The van der Waals surface area contributed by atoms with E-state index >= 15 is 0 Å². The molecule has 1 aromatic heterocycles. The van der Waals surface area contributed by atoms with Gasteiger partial charge in [0.1, 0.15) is 5.82 Å². The van der Waals surface area contributed by atoms with Crippen LogP contribution in [0.3, 0.4) is 0 Å². The monoisotopic (exact) mass is 344 g/mol. The van der Waals surface area contributed by atoms with Crippen LogP contribution in [0.1, 0.15) is 18.3 Å². The van der Waals surface area contributed by atoms with Gasteiger partial charge in [-0.25, -0.2) is 4.39 Å². The lowest BCUT2D eigenvalue weighted by atomic mass is 10.3. The fourth-order valence-electron chi connectivity index (χ4n) is 1.80. The van der Waals surface area contributed by atoms with Crippen molar-refractivity contribution < 1.29 is 8.60 Å². The van der Waals surface area contributed by atoms with E-state index in [9.17, 15) is 8.60 Å². The first-order valence-electron chi connectivity index (χ1n) is 5.88. The average Bonchev–Trinajstić information content (AvgIpc) is 2.67. The van der Waals surface area contributed by atoms with Crippen molar-refractivity contribution in [2.24, 2.45) is 0 Å². The first kappa shape index (κ1) is 14.4. The van der Waals surface area contributed by atoms with E-state index in [2.05, 4.69) is 21.0 Å². The van der Waals surface area contributed by atoms with Crippen molar-refractivity contribution in [1.82, 2.24) is 9.78 Å². The molecular formula is C13H14BrFN2OS. The molecule has 1 aromatic carbocycles. The Morgan fingerprint density at radius 3 is 2.58 bits per heavy atom. The molecule has 6 heteroatoms. The maximum Gasteiger partial charge on any atom is 0.123 e. The molecule has 102 valence electrons. The molecule has 1 atom stereocenters. The molecule has 0 N–H and O–H groups in total. The molecule has 0 saturated heterocycles. The van der Waals surface area contributed by atoms with E-state index < -0.39 is 10.8 Å². The van der Waals surface area contributed by atoms with Gasteiger partial charge in [0.15, 0.2) is 0 Å². The quantitative estimate of drug-likeness (QED) is 0.851. The van der Waals surface area contributed by atoms with E-state index in [1.807, 2.05) is 18.5 Å². The second-order valence-electron chi connectivity index (χ2n) is 4.11. The number of hydrogen-bond donors (Lipinski definition) is 0. The highest BCUT2D eigenvalue weighted by molar-refractivity contribution is 9.10. The molecule has 3 nitrogen and oxygen atoms in total. The van der Waals surface area contributed by atoms with Crippen molar-refractivity contribution in [2.45, 2.75) is 31.0 Å². The fourth-order valence-corrected chi connectivity index (χ4v) is 3.56. The van der Waals surface area contributed by atoms with Crippen molar-refractivity contribution in [3.63, 3.8) is 0 Å². The summed E-state index contributed by atoms with van der Waals surface area (Å²) in [6.45, 7) is 4.62. The van der Waals surface area contributed by atoms with Crippen LogP contribution >= 0.6 is 15.9 Å². The van der Waals surface area contributed by atoms with Gasteiger partial charge < -0.3 is 0 Å². The summed E-state index contributed by atoms with van der Waals surface area (Å²) in [5, 5.41) is 4.36. The molecule has 2 aromatic rings. The Kier molecular flexibility index (Phi) is 4.52. The van der Waals surface area contributed by atoms with Gasteiger partial charge >= 0.3 is 0 Å². The lowest BCUT2D eigenvalue weighted by Crippen LogP contribution is -2.06. The molecule has 0 fully saturated rings. The number of aryl methyl sites for hydroxylation is 2. The molecule has 0 spiro atoms. The Morgan fingerprint density at radius 2 is 2.00 bits per heavy atom. The molecular weight excluding hydrogens is 331 g/mol. The molecule has 0 radical (unpaired) electrons.